The molecule has 0 aliphatic carbocycles. The number of methoxy groups -OCH3 is 1. The molecule has 0 atom stereocenters. The third-order valence-electron chi connectivity index (χ3n) is 3.30. The van der Waals surface area contributed by atoms with Crippen molar-refractivity contribution in [2.45, 2.75) is 33.7 Å². The van der Waals surface area contributed by atoms with Crippen molar-refractivity contribution in [2.75, 3.05) is 40.0 Å². The van der Waals surface area contributed by atoms with Gasteiger partial charge in [-0.25, -0.2) is 4.99 Å². The second kappa shape index (κ2) is 12.7. The van der Waals surface area contributed by atoms with Crippen LogP contribution in [0.3, 0.4) is 0 Å². The Kier molecular flexibility index (Phi) is 10.8. The number of nitrogens with one attached hydrogen (secondary N) is 2. The molecular formula is C18H30ClN3O3. The lowest BCUT2D eigenvalue weighted by Crippen LogP contribution is -2.38. The number of ether oxygens (including phenoxy) is 3. The zero-order valence-corrected chi connectivity index (χ0v) is 16.4. The van der Waals surface area contributed by atoms with Crippen LogP contribution in [0.15, 0.2) is 17.1 Å². The minimum absolute atomic E-state index is 0.489. The zero-order valence-electron chi connectivity index (χ0n) is 15.7. The summed E-state index contributed by atoms with van der Waals surface area (Å²) in [5.41, 5.74) is 0.955. The second-order valence-corrected chi connectivity index (χ2v) is 5.62. The summed E-state index contributed by atoms with van der Waals surface area (Å²) in [5.74, 6) is 1.96. The van der Waals surface area contributed by atoms with Gasteiger partial charge in [0.2, 0.25) is 0 Å². The quantitative estimate of drug-likeness (QED) is 0.355. The van der Waals surface area contributed by atoms with E-state index in [1.165, 1.54) is 0 Å². The molecule has 25 heavy (non-hydrogen) atoms. The van der Waals surface area contributed by atoms with Gasteiger partial charge in [-0.15, -0.1) is 0 Å². The lowest BCUT2D eigenvalue weighted by molar-refractivity contribution is 0.145. The predicted octanol–water partition coefficient (Wildman–Crippen LogP) is 3.23. The van der Waals surface area contributed by atoms with Gasteiger partial charge in [-0.2, -0.15) is 0 Å². The average molecular weight is 372 g/mol. The Labute approximate surface area is 155 Å². The molecule has 0 aromatic heterocycles. The molecular weight excluding hydrogens is 342 g/mol. The summed E-state index contributed by atoms with van der Waals surface area (Å²) in [5, 5.41) is 7.05. The van der Waals surface area contributed by atoms with Crippen molar-refractivity contribution < 1.29 is 14.2 Å². The molecule has 142 valence electrons. The third-order valence-corrected chi connectivity index (χ3v) is 3.58. The molecule has 0 saturated heterocycles. The molecule has 1 aromatic carbocycles. The number of benzene rings is 1. The van der Waals surface area contributed by atoms with Gasteiger partial charge in [0.05, 0.1) is 25.3 Å². The van der Waals surface area contributed by atoms with Crippen LogP contribution < -0.4 is 20.1 Å². The van der Waals surface area contributed by atoms with Crippen molar-refractivity contribution in [3.63, 3.8) is 0 Å². The largest absolute Gasteiger partial charge is 0.493 e. The van der Waals surface area contributed by atoms with E-state index in [4.69, 9.17) is 25.8 Å². The number of hydrogen-bond acceptors (Lipinski definition) is 4. The smallest absolute Gasteiger partial charge is 0.191 e. The van der Waals surface area contributed by atoms with Crippen molar-refractivity contribution in [1.29, 1.82) is 0 Å². The average Bonchev–Trinajstić information content (AvgIpc) is 2.61. The van der Waals surface area contributed by atoms with E-state index < -0.39 is 0 Å². The van der Waals surface area contributed by atoms with Crippen LogP contribution in [-0.2, 0) is 11.3 Å². The molecule has 2 N–H and O–H groups in total. The first kappa shape index (κ1) is 21.4. The van der Waals surface area contributed by atoms with Gasteiger partial charge in [0.15, 0.2) is 17.5 Å². The first-order valence-electron chi connectivity index (χ1n) is 8.75. The highest BCUT2D eigenvalue weighted by Crippen LogP contribution is 2.36. The molecule has 0 fully saturated rings. The van der Waals surface area contributed by atoms with Gasteiger partial charge in [-0.3, -0.25) is 0 Å². The highest BCUT2D eigenvalue weighted by Gasteiger charge is 2.11. The van der Waals surface area contributed by atoms with Gasteiger partial charge < -0.3 is 24.8 Å². The Bertz CT molecular complexity index is 539. The van der Waals surface area contributed by atoms with E-state index >= 15 is 0 Å². The van der Waals surface area contributed by atoms with E-state index in [-0.39, 0.29) is 0 Å². The van der Waals surface area contributed by atoms with Crippen molar-refractivity contribution in [3.8, 4) is 11.5 Å². The molecule has 7 heteroatoms. The van der Waals surface area contributed by atoms with Crippen molar-refractivity contribution in [1.82, 2.24) is 10.6 Å². The fraction of sp³-hybridized carbons (Fsp3) is 0.611. The Hall–Kier alpha value is -1.66. The van der Waals surface area contributed by atoms with Gasteiger partial charge in [-0.05, 0) is 44.9 Å². The van der Waals surface area contributed by atoms with Gasteiger partial charge in [0.25, 0.3) is 0 Å². The maximum atomic E-state index is 6.30. The van der Waals surface area contributed by atoms with Crippen molar-refractivity contribution >= 4 is 17.6 Å². The summed E-state index contributed by atoms with van der Waals surface area (Å²) in [6.07, 6.45) is 0.932. The van der Waals surface area contributed by atoms with Gasteiger partial charge in [-0.1, -0.05) is 11.6 Å². The van der Waals surface area contributed by atoms with Crippen LogP contribution in [-0.4, -0.2) is 46.0 Å². The van der Waals surface area contributed by atoms with E-state index in [9.17, 15) is 0 Å². The number of aliphatic imine (C=N–C) groups is 1. The van der Waals surface area contributed by atoms with Crippen LogP contribution in [0.1, 0.15) is 32.8 Å². The standard InChI is InChI=1S/C18H30ClN3O3/c1-5-20-18(21-9-8-10-24-6-2)22-13-14-11-15(19)17(25-7-3)16(12-14)23-4/h11-12H,5-10,13H2,1-4H3,(H2,20,21,22). The fourth-order valence-electron chi connectivity index (χ4n) is 2.19. The van der Waals surface area contributed by atoms with Crippen molar-refractivity contribution in [3.05, 3.63) is 22.7 Å². The highest BCUT2D eigenvalue weighted by atomic mass is 35.5. The molecule has 0 aliphatic rings. The summed E-state index contributed by atoms with van der Waals surface area (Å²) >= 11 is 6.30. The van der Waals surface area contributed by atoms with E-state index in [0.29, 0.717) is 29.7 Å². The number of guanidine groups is 1. The van der Waals surface area contributed by atoms with E-state index in [2.05, 4.69) is 15.6 Å². The maximum Gasteiger partial charge on any atom is 0.191 e. The third kappa shape index (κ3) is 7.84. The molecule has 6 nitrogen and oxygen atoms in total. The topological polar surface area (TPSA) is 64.1 Å². The molecule has 0 bridgehead atoms. The summed E-state index contributed by atoms with van der Waals surface area (Å²) in [7, 11) is 1.60. The summed E-state index contributed by atoms with van der Waals surface area (Å²) in [6.45, 7) is 10.1. The normalized spacial score (nSPS) is 11.3. The highest BCUT2D eigenvalue weighted by molar-refractivity contribution is 6.32. The maximum absolute atomic E-state index is 6.30. The van der Waals surface area contributed by atoms with Crippen LogP contribution in [0, 0.1) is 0 Å². The molecule has 0 amide bonds. The number of halogens is 1. The Morgan fingerprint density at radius 1 is 1.16 bits per heavy atom. The lowest BCUT2D eigenvalue weighted by Gasteiger charge is -2.14. The molecule has 1 aromatic rings. The Morgan fingerprint density at radius 3 is 2.60 bits per heavy atom. The molecule has 1 rings (SSSR count). The number of hydrogen-bond donors (Lipinski definition) is 2. The summed E-state index contributed by atoms with van der Waals surface area (Å²) < 4.78 is 16.2. The minimum atomic E-state index is 0.489. The zero-order chi connectivity index (χ0) is 18.5. The molecule has 0 spiro atoms. The van der Waals surface area contributed by atoms with Crippen LogP contribution in [0.25, 0.3) is 0 Å². The van der Waals surface area contributed by atoms with Gasteiger partial charge >= 0.3 is 0 Å². The second-order valence-electron chi connectivity index (χ2n) is 5.21. The van der Waals surface area contributed by atoms with E-state index in [1.54, 1.807) is 7.11 Å². The Morgan fingerprint density at radius 2 is 1.96 bits per heavy atom. The van der Waals surface area contributed by atoms with Crippen LogP contribution in [0.4, 0.5) is 0 Å². The summed E-state index contributed by atoms with van der Waals surface area (Å²) in [6, 6.07) is 3.76. The molecule has 0 radical (unpaired) electrons. The van der Waals surface area contributed by atoms with Crippen LogP contribution >= 0.6 is 11.6 Å². The minimum Gasteiger partial charge on any atom is -0.493 e. The first-order valence-corrected chi connectivity index (χ1v) is 9.13. The fourth-order valence-corrected chi connectivity index (χ4v) is 2.47. The predicted molar refractivity (Wildman–Crippen MR) is 103 cm³/mol. The number of rotatable bonds is 11. The van der Waals surface area contributed by atoms with Gasteiger partial charge in [0.1, 0.15) is 0 Å². The molecule has 0 unspecified atom stereocenters. The van der Waals surface area contributed by atoms with Crippen LogP contribution in [0.2, 0.25) is 5.02 Å². The first-order chi connectivity index (χ1) is 12.2. The monoisotopic (exact) mass is 371 g/mol. The lowest BCUT2D eigenvalue weighted by atomic mass is 10.2. The van der Waals surface area contributed by atoms with Crippen molar-refractivity contribution in [2.24, 2.45) is 4.99 Å². The molecule has 0 saturated carbocycles. The Balaban J connectivity index is 2.72. The van der Waals surface area contributed by atoms with E-state index in [0.717, 1.165) is 44.2 Å². The molecule has 0 aliphatic heterocycles. The van der Waals surface area contributed by atoms with Crippen LogP contribution in [0.5, 0.6) is 11.5 Å². The van der Waals surface area contributed by atoms with Gasteiger partial charge in [0, 0.05) is 26.3 Å². The van der Waals surface area contributed by atoms with E-state index in [1.807, 2.05) is 32.9 Å². The molecule has 0 heterocycles. The summed E-state index contributed by atoms with van der Waals surface area (Å²) in [4.78, 5) is 4.59. The SMILES string of the molecule is CCNC(=NCc1cc(Cl)c(OCC)c(OC)c1)NCCCOCC. The number of nitrogens with zero attached hydrogens (tertiary/aromatic N) is 1.